The average molecular weight is 258 g/mol. The SMILES string of the molecule is CC1CC(Nc2ccccc2-n2cnnn2)CN1C. The van der Waals surface area contributed by atoms with E-state index in [1.54, 1.807) is 11.0 Å². The molecule has 1 N–H and O–H groups in total. The Morgan fingerprint density at radius 3 is 2.84 bits per heavy atom. The Hall–Kier alpha value is -1.95. The summed E-state index contributed by atoms with van der Waals surface area (Å²) in [5.41, 5.74) is 2.05. The molecule has 0 radical (unpaired) electrons. The number of benzene rings is 1. The quantitative estimate of drug-likeness (QED) is 0.895. The maximum absolute atomic E-state index is 3.96. The van der Waals surface area contributed by atoms with Gasteiger partial charge in [0.15, 0.2) is 0 Å². The number of tetrazole rings is 1. The second-order valence-corrected chi connectivity index (χ2v) is 5.14. The molecule has 19 heavy (non-hydrogen) atoms. The summed E-state index contributed by atoms with van der Waals surface area (Å²) in [6.07, 6.45) is 2.77. The van der Waals surface area contributed by atoms with Crippen molar-refractivity contribution in [2.75, 3.05) is 18.9 Å². The molecule has 6 heteroatoms. The molecule has 1 aliphatic rings. The van der Waals surface area contributed by atoms with E-state index in [1.807, 2.05) is 18.2 Å². The van der Waals surface area contributed by atoms with Gasteiger partial charge in [0.2, 0.25) is 0 Å². The van der Waals surface area contributed by atoms with Gasteiger partial charge in [-0.05, 0) is 43.0 Å². The van der Waals surface area contributed by atoms with Gasteiger partial charge in [0, 0.05) is 18.6 Å². The van der Waals surface area contributed by atoms with Crippen LogP contribution in [0, 0.1) is 0 Å². The van der Waals surface area contributed by atoms with Crippen LogP contribution < -0.4 is 5.32 Å². The van der Waals surface area contributed by atoms with Gasteiger partial charge in [0.1, 0.15) is 6.33 Å². The van der Waals surface area contributed by atoms with E-state index in [4.69, 9.17) is 0 Å². The van der Waals surface area contributed by atoms with E-state index in [2.05, 4.69) is 45.8 Å². The molecule has 6 nitrogen and oxygen atoms in total. The van der Waals surface area contributed by atoms with Crippen molar-refractivity contribution in [2.45, 2.75) is 25.4 Å². The number of aromatic nitrogens is 4. The maximum atomic E-state index is 3.96. The van der Waals surface area contributed by atoms with Crippen molar-refractivity contribution in [3.8, 4) is 5.69 Å². The van der Waals surface area contributed by atoms with Crippen molar-refractivity contribution in [1.82, 2.24) is 25.1 Å². The maximum Gasteiger partial charge on any atom is 0.143 e. The number of likely N-dealkylation sites (tertiary alicyclic amines) is 1. The highest BCUT2D eigenvalue weighted by Crippen LogP contribution is 2.23. The molecule has 1 fully saturated rings. The lowest BCUT2D eigenvalue weighted by Gasteiger charge is -2.16. The number of nitrogens with one attached hydrogen (secondary N) is 1. The first-order chi connectivity index (χ1) is 9.24. The first-order valence-electron chi connectivity index (χ1n) is 6.53. The number of rotatable bonds is 3. The van der Waals surface area contributed by atoms with Gasteiger partial charge in [0.25, 0.3) is 0 Å². The monoisotopic (exact) mass is 258 g/mol. The summed E-state index contributed by atoms with van der Waals surface area (Å²) < 4.78 is 1.68. The van der Waals surface area contributed by atoms with Crippen LogP contribution in [0.1, 0.15) is 13.3 Å². The second-order valence-electron chi connectivity index (χ2n) is 5.14. The number of hydrogen-bond donors (Lipinski definition) is 1. The smallest absolute Gasteiger partial charge is 0.143 e. The van der Waals surface area contributed by atoms with Gasteiger partial charge in [-0.1, -0.05) is 12.1 Å². The molecule has 3 rings (SSSR count). The first-order valence-corrected chi connectivity index (χ1v) is 6.53. The predicted molar refractivity (Wildman–Crippen MR) is 73.3 cm³/mol. The van der Waals surface area contributed by atoms with Crippen molar-refractivity contribution in [1.29, 1.82) is 0 Å². The van der Waals surface area contributed by atoms with Crippen LogP contribution in [0.25, 0.3) is 5.69 Å². The van der Waals surface area contributed by atoms with Crippen molar-refractivity contribution in [3.05, 3.63) is 30.6 Å². The van der Waals surface area contributed by atoms with Gasteiger partial charge in [-0.25, -0.2) is 0 Å². The van der Waals surface area contributed by atoms with Crippen LogP contribution in [0.5, 0.6) is 0 Å². The Morgan fingerprint density at radius 1 is 1.32 bits per heavy atom. The highest BCUT2D eigenvalue weighted by molar-refractivity contribution is 5.61. The molecule has 0 aliphatic carbocycles. The zero-order chi connectivity index (χ0) is 13.2. The van der Waals surface area contributed by atoms with Crippen LogP contribution in [-0.4, -0.2) is 50.8 Å². The summed E-state index contributed by atoms with van der Waals surface area (Å²) in [7, 11) is 2.17. The van der Waals surface area contributed by atoms with Gasteiger partial charge in [-0.15, -0.1) is 5.10 Å². The number of para-hydroxylation sites is 2. The fourth-order valence-corrected chi connectivity index (χ4v) is 2.59. The molecule has 1 aromatic carbocycles. The third-order valence-electron chi connectivity index (χ3n) is 3.75. The second kappa shape index (κ2) is 4.97. The fraction of sp³-hybridized carbons (Fsp3) is 0.462. The van der Waals surface area contributed by atoms with Gasteiger partial charge in [0.05, 0.1) is 11.4 Å². The molecule has 2 aromatic rings. The number of nitrogens with zero attached hydrogens (tertiary/aromatic N) is 5. The molecule has 1 aromatic heterocycles. The highest BCUT2D eigenvalue weighted by atomic mass is 15.5. The summed E-state index contributed by atoms with van der Waals surface area (Å²) in [4.78, 5) is 2.37. The van der Waals surface area contributed by atoms with Crippen molar-refractivity contribution in [3.63, 3.8) is 0 Å². The van der Waals surface area contributed by atoms with Crippen LogP contribution in [-0.2, 0) is 0 Å². The Labute approximate surface area is 112 Å². The van der Waals surface area contributed by atoms with E-state index >= 15 is 0 Å². The topological polar surface area (TPSA) is 58.9 Å². The number of anilines is 1. The van der Waals surface area contributed by atoms with E-state index in [-0.39, 0.29) is 0 Å². The van der Waals surface area contributed by atoms with Crippen LogP contribution in [0.2, 0.25) is 0 Å². The average Bonchev–Trinajstić information content (AvgIpc) is 3.02. The van der Waals surface area contributed by atoms with Crippen LogP contribution in [0.15, 0.2) is 30.6 Å². The zero-order valence-electron chi connectivity index (χ0n) is 11.2. The molecule has 0 amide bonds. The van der Waals surface area contributed by atoms with E-state index in [0.717, 1.165) is 24.3 Å². The Balaban J connectivity index is 1.82. The zero-order valence-corrected chi connectivity index (χ0v) is 11.2. The Morgan fingerprint density at radius 2 is 2.16 bits per heavy atom. The van der Waals surface area contributed by atoms with Crippen LogP contribution in [0.3, 0.4) is 0 Å². The van der Waals surface area contributed by atoms with E-state index in [0.29, 0.717) is 12.1 Å². The van der Waals surface area contributed by atoms with Crippen LogP contribution in [0.4, 0.5) is 5.69 Å². The predicted octanol–water partition coefficient (Wildman–Crippen LogP) is 1.17. The Bertz CT molecular complexity index is 528. The minimum absolute atomic E-state index is 0.470. The van der Waals surface area contributed by atoms with Crippen molar-refractivity contribution >= 4 is 5.69 Å². The molecule has 0 saturated carbocycles. The summed E-state index contributed by atoms with van der Waals surface area (Å²) >= 11 is 0. The number of likely N-dealkylation sites (N-methyl/N-ethyl adjacent to an activating group) is 1. The third kappa shape index (κ3) is 2.44. The minimum atomic E-state index is 0.470. The molecule has 1 saturated heterocycles. The van der Waals surface area contributed by atoms with Crippen molar-refractivity contribution < 1.29 is 0 Å². The largest absolute Gasteiger partial charge is 0.379 e. The summed E-state index contributed by atoms with van der Waals surface area (Å²) in [5, 5.41) is 14.9. The summed E-state index contributed by atoms with van der Waals surface area (Å²) in [5.74, 6) is 0. The molecular formula is C13H18N6. The van der Waals surface area contributed by atoms with E-state index < -0.39 is 0 Å². The van der Waals surface area contributed by atoms with Gasteiger partial charge >= 0.3 is 0 Å². The summed E-state index contributed by atoms with van der Waals surface area (Å²) in [6, 6.07) is 9.19. The van der Waals surface area contributed by atoms with Gasteiger partial charge < -0.3 is 10.2 Å². The summed E-state index contributed by atoms with van der Waals surface area (Å²) in [6.45, 7) is 3.32. The molecule has 2 atom stereocenters. The molecule has 0 spiro atoms. The molecule has 0 bridgehead atoms. The minimum Gasteiger partial charge on any atom is -0.379 e. The molecule has 2 heterocycles. The standard InChI is InChI=1S/C13H18N6/c1-10-7-11(8-18(10)2)15-12-5-3-4-6-13(12)19-9-14-16-17-19/h3-6,9-11,15H,7-8H2,1-2H3. The number of hydrogen-bond acceptors (Lipinski definition) is 5. The lowest BCUT2D eigenvalue weighted by atomic mass is 10.1. The molecular weight excluding hydrogens is 240 g/mol. The third-order valence-corrected chi connectivity index (χ3v) is 3.75. The Kier molecular flexibility index (Phi) is 3.16. The lowest BCUT2D eigenvalue weighted by molar-refractivity contribution is 0.330. The van der Waals surface area contributed by atoms with Gasteiger partial charge in [-0.3, -0.25) is 0 Å². The normalized spacial score (nSPS) is 23.7. The van der Waals surface area contributed by atoms with Crippen molar-refractivity contribution in [2.24, 2.45) is 0 Å². The lowest BCUT2D eigenvalue weighted by Crippen LogP contribution is -2.25. The first kappa shape index (κ1) is 12.1. The van der Waals surface area contributed by atoms with Gasteiger partial charge in [-0.2, -0.15) is 4.68 Å². The fourth-order valence-electron chi connectivity index (χ4n) is 2.59. The van der Waals surface area contributed by atoms with Crippen LogP contribution >= 0.6 is 0 Å². The molecule has 100 valence electrons. The highest BCUT2D eigenvalue weighted by Gasteiger charge is 2.26. The molecule has 1 aliphatic heterocycles. The van der Waals surface area contributed by atoms with E-state index in [9.17, 15) is 0 Å². The molecule has 2 unspecified atom stereocenters. The van der Waals surface area contributed by atoms with E-state index in [1.165, 1.54) is 0 Å².